The highest BCUT2D eigenvalue weighted by atomic mass is 16.5. The van der Waals surface area contributed by atoms with E-state index < -0.39 is 5.97 Å². The minimum atomic E-state index is -0.771. The summed E-state index contributed by atoms with van der Waals surface area (Å²) in [4.78, 5) is 12.9. The Labute approximate surface area is 112 Å². The lowest BCUT2D eigenvalue weighted by atomic mass is 9.93. The number of aliphatic carboxylic acids is 1. The molecule has 104 valence electrons. The first-order valence-electron chi connectivity index (χ1n) is 6.26. The summed E-state index contributed by atoms with van der Waals surface area (Å²) < 4.78 is 10.7. The van der Waals surface area contributed by atoms with Crippen molar-refractivity contribution in [3.63, 3.8) is 0 Å². The van der Waals surface area contributed by atoms with Gasteiger partial charge in [0.25, 0.3) is 0 Å². The molecule has 1 N–H and O–H groups in total. The summed E-state index contributed by atoms with van der Waals surface area (Å²) in [6.45, 7) is 0. The quantitative estimate of drug-likeness (QED) is 0.901. The monoisotopic (exact) mass is 265 g/mol. The summed E-state index contributed by atoms with van der Waals surface area (Å²) in [7, 11) is 5.16. The summed E-state index contributed by atoms with van der Waals surface area (Å²) in [5.74, 6) is 0.723. The molecule has 1 atom stereocenters. The van der Waals surface area contributed by atoms with Gasteiger partial charge in [0.15, 0.2) is 0 Å². The first kappa shape index (κ1) is 13.5. The number of aryl methyl sites for hydroxylation is 1. The van der Waals surface area contributed by atoms with Crippen molar-refractivity contribution in [3.8, 4) is 11.5 Å². The van der Waals surface area contributed by atoms with Gasteiger partial charge in [-0.2, -0.15) is 0 Å². The van der Waals surface area contributed by atoms with Gasteiger partial charge in [-0.1, -0.05) is 0 Å². The fourth-order valence-electron chi connectivity index (χ4n) is 2.64. The number of carboxylic acid groups (broad SMARTS) is 1. The maximum absolute atomic E-state index is 10.9. The molecule has 0 amide bonds. The van der Waals surface area contributed by atoms with E-state index in [0.717, 1.165) is 35.6 Å². The molecule has 0 spiro atoms. The van der Waals surface area contributed by atoms with Crippen molar-refractivity contribution >= 4 is 11.7 Å². The molecule has 0 aliphatic carbocycles. The third-order valence-corrected chi connectivity index (χ3v) is 3.64. The Morgan fingerprint density at radius 3 is 2.74 bits per heavy atom. The highest BCUT2D eigenvalue weighted by molar-refractivity contribution is 5.72. The van der Waals surface area contributed by atoms with Crippen LogP contribution in [0.15, 0.2) is 12.1 Å². The molecule has 1 aromatic rings. The van der Waals surface area contributed by atoms with Crippen molar-refractivity contribution in [1.82, 2.24) is 0 Å². The molecule has 1 unspecified atom stereocenters. The van der Waals surface area contributed by atoms with E-state index in [0.29, 0.717) is 0 Å². The number of hydrogen-bond acceptors (Lipinski definition) is 4. The molecule has 0 aromatic heterocycles. The van der Waals surface area contributed by atoms with Crippen molar-refractivity contribution in [2.45, 2.75) is 25.3 Å². The fraction of sp³-hybridized carbons (Fsp3) is 0.500. The summed E-state index contributed by atoms with van der Waals surface area (Å²) in [6.07, 6.45) is 1.81. The maximum atomic E-state index is 10.9. The molecule has 5 nitrogen and oxygen atoms in total. The molecule has 1 aliphatic heterocycles. The van der Waals surface area contributed by atoms with Gasteiger partial charge < -0.3 is 19.5 Å². The van der Waals surface area contributed by atoms with Gasteiger partial charge in [0.2, 0.25) is 0 Å². The number of ether oxygens (including phenoxy) is 2. The lowest BCUT2D eigenvalue weighted by Crippen LogP contribution is -2.38. The number of rotatable bonds is 4. The zero-order valence-electron chi connectivity index (χ0n) is 11.5. The molecule has 0 fully saturated rings. The van der Waals surface area contributed by atoms with Crippen LogP contribution in [0.3, 0.4) is 0 Å². The Morgan fingerprint density at radius 2 is 2.16 bits per heavy atom. The zero-order chi connectivity index (χ0) is 14.0. The van der Waals surface area contributed by atoms with Crippen molar-refractivity contribution in [3.05, 3.63) is 17.7 Å². The van der Waals surface area contributed by atoms with Gasteiger partial charge in [-0.25, -0.2) is 0 Å². The van der Waals surface area contributed by atoms with E-state index in [9.17, 15) is 4.79 Å². The van der Waals surface area contributed by atoms with Crippen LogP contribution in [0.2, 0.25) is 0 Å². The van der Waals surface area contributed by atoms with E-state index in [-0.39, 0.29) is 12.5 Å². The summed E-state index contributed by atoms with van der Waals surface area (Å²) >= 11 is 0. The number of fused-ring (bicyclic) bond motifs is 1. The van der Waals surface area contributed by atoms with Gasteiger partial charge in [-0.05, 0) is 24.5 Å². The van der Waals surface area contributed by atoms with Crippen LogP contribution in [0.5, 0.6) is 11.5 Å². The molecule has 0 saturated carbocycles. The first-order valence-corrected chi connectivity index (χ1v) is 6.26. The molecule has 19 heavy (non-hydrogen) atoms. The van der Waals surface area contributed by atoms with Crippen LogP contribution in [-0.4, -0.2) is 38.4 Å². The number of methoxy groups -OCH3 is 2. The van der Waals surface area contributed by atoms with Gasteiger partial charge >= 0.3 is 5.97 Å². The molecule has 0 radical (unpaired) electrons. The standard InChI is InChI=1S/C14H19NO4/c1-15-10(7-13(16)17)5-4-9-6-11(18-2)8-12(19-3)14(9)15/h6,8,10H,4-5,7H2,1-3H3,(H,16,17). The Bertz CT molecular complexity index is 469. The second-order valence-corrected chi connectivity index (χ2v) is 4.74. The largest absolute Gasteiger partial charge is 0.497 e. The third-order valence-electron chi connectivity index (χ3n) is 3.64. The molecular formula is C14H19NO4. The molecule has 0 saturated heterocycles. The van der Waals surface area contributed by atoms with Crippen LogP contribution >= 0.6 is 0 Å². The highest BCUT2D eigenvalue weighted by Crippen LogP contribution is 2.41. The lowest BCUT2D eigenvalue weighted by Gasteiger charge is -2.36. The normalized spacial score (nSPS) is 17.8. The van der Waals surface area contributed by atoms with E-state index in [1.165, 1.54) is 0 Å². The van der Waals surface area contributed by atoms with Crippen molar-refractivity contribution in [1.29, 1.82) is 0 Å². The molecule has 1 aromatic carbocycles. The average Bonchev–Trinajstić information content (AvgIpc) is 2.40. The lowest BCUT2D eigenvalue weighted by molar-refractivity contribution is -0.137. The van der Waals surface area contributed by atoms with Crippen LogP contribution in [0.1, 0.15) is 18.4 Å². The van der Waals surface area contributed by atoms with Crippen LogP contribution in [-0.2, 0) is 11.2 Å². The maximum Gasteiger partial charge on any atom is 0.305 e. The van der Waals surface area contributed by atoms with Crippen molar-refractivity contribution < 1.29 is 19.4 Å². The third kappa shape index (κ3) is 2.59. The SMILES string of the molecule is COc1cc2c(c(OC)c1)N(C)C(CC(=O)O)CC2. The number of benzene rings is 1. The van der Waals surface area contributed by atoms with Gasteiger partial charge in [0.1, 0.15) is 11.5 Å². The number of nitrogens with zero attached hydrogens (tertiary/aromatic N) is 1. The van der Waals surface area contributed by atoms with Crippen LogP contribution in [0, 0.1) is 0 Å². The Hall–Kier alpha value is -1.91. The Balaban J connectivity index is 2.39. The van der Waals surface area contributed by atoms with Crippen molar-refractivity contribution in [2.24, 2.45) is 0 Å². The van der Waals surface area contributed by atoms with Crippen LogP contribution < -0.4 is 14.4 Å². The number of carboxylic acids is 1. The molecule has 1 aliphatic rings. The smallest absolute Gasteiger partial charge is 0.305 e. The van der Waals surface area contributed by atoms with E-state index in [4.69, 9.17) is 14.6 Å². The van der Waals surface area contributed by atoms with E-state index in [1.54, 1.807) is 14.2 Å². The second kappa shape index (κ2) is 5.38. The fourth-order valence-corrected chi connectivity index (χ4v) is 2.64. The van der Waals surface area contributed by atoms with Crippen molar-refractivity contribution in [2.75, 3.05) is 26.2 Å². The predicted molar refractivity (Wildman–Crippen MR) is 72.3 cm³/mol. The molecule has 5 heteroatoms. The topological polar surface area (TPSA) is 59.0 Å². The van der Waals surface area contributed by atoms with Gasteiger partial charge in [-0.3, -0.25) is 4.79 Å². The Kier molecular flexibility index (Phi) is 3.83. The van der Waals surface area contributed by atoms with Crippen LogP contribution in [0.4, 0.5) is 5.69 Å². The van der Waals surface area contributed by atoms with E-state index in [1.807, 2.05) is 24.1 Å². The molecule has 2 rings (SSSR count). The number of anilines is 1. The summed E-state index contributed by atoms with van der Waals surface area (Å²) in [5.41, 5.74) is 2.11. The van der Waals surface area contributed by atoms with E-state index in [2.05, 4.69) is 0 Å². The minimum Gasteiger partial charge on any atom is -0.497 e. The molecule has 0 bridgehead atoms. The average molecular weight is 265 g/mol. The minimum absolute atomic E-state index is 0.00675. The molecule has 1 heterocycles. The van der Waals surface area contributed by atoms with Gasteiger partial charge in [0.05, 0.1) is 26.3 Å². The number of hydrogen-bond donors (Lipinski definition) is 1. The summed E-state index contributed by atoms with van der Waals surface area (Å²) in [5, 5.41) is 8.96. The summed E-state index contributed by atoms with van der Waals surface area (Å²) in [6, 6.07) is 3.83. The van der Waals surface area contributed by atoms with Crippen LogP contribution in [0.25, 0.3) is 0 Å². The van der Waals surface area contributed by atoms with Gasteiger partial charge in [-0.15, -0.1) is 0 Å². The highest BCUT2D eigenvalue weighted by Gasteiger charge is 2.28. The number of carbonyl (C=O) groups is 1. The van der Waals surface area contributed by atoms with Gasteiger partial charge in [0, 0.05) is 19.2 Å². The molecular weight excluding hydrogens is 246 g/mol. The predicted octanol–water partition coefficient (Wildman–Crippen LogP) is 1.93. The zero-order valence-corrected chi connectivity index (χ0v) is 11.5. The first-order chi connectivity index (χ1) is 9.06. The second-order valence-electron chi connectivity index (χ2n) is 4.74. The Morgan fingerprint density at radius 1 is 1.42 bits per heavy atom. The van der Waals surface area contributed by atoms with E-state index >= 15 is 0 Å².